The summed E-state index contributed by atoms with van der Waals surface area (Å²) in [6, 6.07) is 14.1. The van der Waals surface area contributed by atoms with Gasteiger partial charge >= 0.3 is 0 Å². The van der Waals surface area contributed by atoms with E-state index in [1.807, 2.05) is 60.4 Å². The molecule has 2 saturated heterocycles. The van der Waals surface area contributed by atoms with Crippen molar-refractivity contribution in [2.24, 2.45) is 0 Å². The largest absolute Gasteiger partial charge is 0.494 e. The number of ether oxygens (including phenoxy) is 1. The number of piperazine rings is 1. The number of anilines is 2. The molecule has 10 heteroatoms. The molecule has 0 unspecified atom stereocenters. The van der Waals surface area contributed by atoms with Gasteiger partial charge in [-0.2, -0.15) is 0 Å². The average molecular weight is 589 g/mol. The summed E-state index contributed by atoms with van der Waals surface area (Å²) in [5.74, 6) is 0.332. The molecule has 0 bridgehead atoms. The Morgan fingerprint density at radius 3 is 2.38 bits per heavy atom. The predicted molar refractivity (Wildman–Crippen MR) is 154 cm³/mol. The Labute approximate surface area is 232 Å². The lowest BCUT2D eigenvalue weighted by molar-refractivity contribution is -0.124. The molecule has 0 aliphatic carbocycles. The van der Waals surface area contributed by atoms with Gasteiger partial charge in [-0.3, -0.25) is 14.5 Å². The molecule has 37 heavy (non-hydrogen) atoms. The van der Waals surface area contributed by atoms with Crippen molar-refractivity contribution in [1.29, 1.82) is 0 Å². The first-order chi connectivity index (χ1) is 17.9. The van der Waals surface area contributed by atoms with Crippen LogP contribution >= 0.6 is 28.1 Å². The number of halogens is 1. The number of nitrogens with one attached hydrogen (secondary N) is 1. The maximum Gasteiger partial charge on any atom is 0.256 e. The van der Waals surface area contributed by atoms with Gasteiger partial charge in [-0.15, -0.1) is 0 Å². The van der Waals surface area contributed by atoms with E-state index in [9.17, 15) is 9.59 Å². The Kier molecular flexibility index (Phi) is 9.53. The summed E-state index contributed by atoms with van der Waals surface area (Å²) in [7, 11) is 2.14. The lowest BCUT2D eigenvalue weighted by Crippen LogP contribution is -2.45. The predicted octanol–water partition coefficient (Wildman–Crippen LogP) is 3.82. The molecule has 2 heterocycles. The zero-order chi connectivity index (χ0) is 26.4. The molecule has 2 aliphatic heterocycles. The van der Waals surface area contributed by atoms with Crippen molar-refractivity contribution in [3.63, 3.8) is 0 Å². The fourth-order valence-electron chi connectivity index (χ4n) is 4.64. The number of thiocarbonyl (C=S) groups is 1. The minimum absolute atomic E-state index is 0.0249. The van der Waals surface area contributed by atoms with Crippen LogP contribution in [0.2, 0.25) is 0 Å². The second kappa shape index (κ2) is 12.8. The van der Waals surface area contributed by atoms with Gasteiger partial charge < -0.3 is 24.8 Å². The molecule has 1 N–H and O–H groups in total. The Hall–Kier alpha value is -2.53. The highest BCUT2D eigenvalue weighted by Crippen LogP contribution is 2.29. The Bertz CT molecular complexity index is 1090. The summed E-state index contributed by atoms with van der Waals surface area (Å²) in [6.45, 7) is 8.24. The summed E-state index contributed by atoms with van der Waals surface area (Å²) in [5.41, 5.74) is 1.37. The van der Waals surface area contributed by atoms with E-state index in [0.29, 0.717) is 29.6 Å². The minimum Gasteiger partial charge on any atom is -0.494 e. The number of nitrogens with zero attached hydrogens (tertiary/aromatic N) is 4. The van der Waals surface area contributed by atoms with E-state index in [1.165, 1.54) is 0 Å². The van der Waals surface area contributed by atoms with E-state index < -0.39 is 6.04 Å². The molecular weight excluding hydrogens is 554 g/mol. The van der Waals surface area contributed by atoms with E-state index in [2.05, 4.69) is 38.1 Å². The maximum absolute atomic E-state index is 13.6. The van der Waals surface area contributed by atoms with Crippen molar-refractivity contribution in [2.45, 2.75) is 25.8 Å². The number of benzene rings is 2. The summed E-state index contributed by atoms with van der Waals surface area (Å²) in [6.07, 6.45) is 0.885. The molecule has 198 valence electrons. The summed E-state index contributed by atoms with van der Waals surface area (Å²) in [5, 5.41) is 3.35. The number of carbonyl (C=O) groups excluding carboxylic acids is 2. The van der Waals surface area contributed by atoms with Gasteiger partial charge in [-0.1, -0.05) is 15.9 Å². The molecule has 0 aromatic heterocycles. The van der Waals surface area contributed by atoms with Gasteiger partial charge in [0.05, 0.1) is 18.7 Å². The molecule has 8 nitrogen and oxygen atoms in total. The van der Waals surface area contributed by atoms with Gasteiger partial charge in [-0.05, 0) is 87.7 Å². The van der Waals surface area contributed by atoms with Gasteiger partial charge in [0.2, 0.25) is 5.91 Å². The van der Waals surface area contributed by atoms with Crippen molar-refractivity contribution in [3.05, 3.63) is 53.0 Å². The zero-order valence-electron chi connectivity index (χ0n) is 21.4. The summed E-state index contributed by atoms with van der Waals surface area (Å²) in [4.78, 5) is 34.9. The van der Waals surface area contributed by atoms with Crippen molar-refractivity contribution in [3.8, 4) is 5.75 Å². The fourth-order valence-corrected chi connectivity index (χ4v) is 5.32. The summed E-state index contributed by atoms with van der Waals surface area (Å²) >= 11 is 9.21. The van der Waals surface area contributed by atoms with Crippen LogP contribution in [0.5, 0.6) is 5.75 Å². The van der Waals surface area contributed by atoms with Gasteiger partial charge in [0.25, 0.3) is 5.91 Å². The van der Waals surface area contributed by atoms with E-state index >= 15 is 0 Å². The van der Waals surface area contributed by atoms with E-state index in [4.69, 9.17) is 17.0 Å². The van der Waals surface area contributed by atoms with Crippen LogP contribution in [0, 0.1) is 0 Å². The highest BCUT2D eigenvalue weighted by molar-refractivity contribution is 9.10. The normalized spacial score (nSPS) is 18.9. The van der Waals surface area contributed by atoms with Crippen molar-refractivity contribution in [1.82, 2.24) is 14.7 Å². The van der Waals surface area contributed by atoms with Gasteiger partial charge in [-0.25, -0.2) is 0 Å². The standard InChI is InChI=1S/C27H34BrN5O3S/c1-3-36-23-11-9-22(10-12-23)33-26(35)24(19-25(34)29-21-7-5-20(28)6-8-21)32(27(33)37)14-4-13-31-17-15-30(2)16-18-31/h5-12,24H,3-4,13-19H2,1-2H3,(H,29,34)/t24-/m0/s1. The van der Waals surface area contributed by atoms with Gasteiger partial charge in [0, 0.05) is 42.9 Å². The van der Waals surface area contributed by atoms with Crippen molar-refractivity contribution >= 4 is 56.4 Å². The van der Waals surface area contributed by atoms with Gasteiger partial charge in [0.15, 0.2) is 5.11 Å². The molecule has 2 amide bonds. The third-order valence-electron chi connectivity index (χ3n) is 6.70. The van der Waals surface area contributed by atoms with E-state index in [0.717, 1.165) is 49.4 Å². The first kappa shape index (κ1) is 27.5. The van der Waals surface area contributed by atoms with Gasteiger partial charge in [0.1, 0.15) is 11.8 Å². The molecule has 0 saturated carbocycles. The number of hydrogen-bond acceptors (Lipinski definition) is 6. The Morgan fingerprint density at radius 2 is 1.73 bits per heavy atom. The zero-order valence-corrected chi connectivity index (χ0v) is 23.8. The number of amides is 2. The second-order valence-electron chi connectivity index (χ2n) is 9.35. The highest BCUT2D eigenvalue weighted by Gasteiger charge is 2.43. The fraction of sp³-hybridized carbons (Fsp3) is 0.444. The van der Waals surface area contributed by atoms with Crippen molar-refractivity contribution < 1.29 is 14.3 Å². The smallest absolute Gasteiger partial charge is 0.256 e. The minimum atomic E-state index is -0.651. The SMILES string of the molecule is CCOc1ccc(N2C(=O)[C@H](CC(=O)Nc3ccc(Br)cc3)N(CCCN3CCN(C)CC3)C2=S)cc1. The quantitative estimate of drug-likeness (QED) is 0.424. The van der Waals surface area contributed by atoms with Crippen LogP contribution in [-0.4, -0.2) is 90.6 Å². The summed E-state index contributed by atoms with van der Waals surface area (Å²) < 4.78 is 6.47. The molecular formula is C27H34BrN5O3S. The second-order valence-corrected chi connectivity index (χ2v) is 10.6. The molecule has 2 aromatic carbocycles. The molecule has 4 rings (SSSR count). The molecule has 2 aliphatic rings. The molecule has 2 aromatic rings. The van der Waals surface area contributed by atoms with Crippen LogP contribution in [0.1, 0.15) is 19.8 Å². The third kappa shape index (κ3) is 7.07. The van der Waals surface area contributed by atoms with Crippen molar-refractivity contribution in [2.75, 3.05) is 63.1 Å². The van der Waals surface area contributed by atoms with Crippen LogP contribution < -0.4 is 15.0 Å². The molecule has 1 atom stereocenters. The average Bonchev–Trinajstić information content (AvgIpc) is 3.11. The van der Waals surface area contributed by atoms with Crippen LogP contribution in [-0.2, 0) is 9.59 Å². The van der Waals surface area contributed by atoms with E-state index in [-0.39, 0.29) is 18.2 Å². The highest BCUT2D eigenvalue weighted by atomic mass is 79.9. The lowest BCUT2D eigenvalue weighted by Gasteiger charge is -2.33. The number of carbonyl (C=O) groups is 2. The molecule has 2 fully saturated rings. The van der Waals surface area contributed by atoms with Crippen LogP contribution in [0.4, 0.5) is 11.4 Å². The number of hydrogen-bond donors (Lipinski definition) is 1. The number of likely N-dealkylation sites (N-methyl/N-ethyl adjacent to an activating group) is 1. The topological polar surface area (TPSA) is 68.4 Å². The molecule has 0 spiro atoms. The first-order valence-electron chi connectivity index (χ1n) is 12.7. The van der Waals surface area contributed by atoms with Crippen LogP contribution in [0.3, 0.4) is 0 Å². The first-order valence-corrected chi connectivity index (χ1v) is 13.9. The Morgan fingerprint density at radius 1 is 1.05 bits per heavy atom. The monoisotopic (exact) mass is 587 g/mol. The number of rotatable bonds is 10. The lowest BCUT2D eigenvalue weighted by atomic mass is 10.1. The van der Waals surface area contributed by atoms with Crippen LogP contribution in [0.25, 0.3) is 0 Å². The Balaban J connectivity index is 1.47. The molecule has 0 radical (unpaired) electrons. The third-order valence-corrected chi connectivity index (χ3v) is 7.65. The van der Waals surface area contributed by atoms with E-state index in [1.54, 1.807) is 4.90 Å². The van der Waals surface area contributed by atoms with Crippen LogP contribution in [0.15, 0.2) is 53.0 Å². The maximum atomic E-state index is 13.6.